The number of benzene rings is 2. The minimum absolute atomic E-state index is 0.0658. The largest absolute Gasteiger partial charge is 0.286 e. The lowest BCUT2D eigenvalue weighted by molar-refractivity contribution is 0.756. The van der Waals surface area contributed by atoms with Gasteiger partial charge in [-0.1, -0.05) is 48.5 Å². The van der Waals surface area contributed by atoms with Gasteiger partial charge < -0.3 is 0 Å². The molecule has 0 saturated carbocycles. The Hall–Kier alpha value is -1.98. The quantitative estimate of drug-likeness (QED) is 0.651. The molecule has 0 aliphatic heterocycles. The normalized spacial score (nSPS) is 10.7. The van der Waals surface area contributed by atoms with Gasteiger partial charge in [0.2, 0.25) is 0 Å². The third-order valence-electron chi connectivity index (χ3n) is 3.35. The SMILES string of the molecule is CSc1cnn(-c2ccccc2)c(=O)c1SCc1ccccc1. The number of hydrogen-bond acceptors (Lipinski definition) is 4. The molecule has 3 rings (SSSR count). The second kappa shape index (κ2) is 7.53. The van der Waals surface area contributed by atoms with Gasteiger partial charge in [0.15, 0.2) is 0 Å². The van der Waals surface area contributed by atoms with E-state index >= 15 is 0 Å². The molecule has 1 heterocycles. The molecular weight excluding hydrogens is 324 g/mol. The Morgan fingerprint density at radius 1 is 1.00 bits per heavy atom. The van der Waals surface area contributed by atoms with Crippen molar-refractivity contribution in [3.05, 3.63) is 82.8 Å². The fourth-order valence-electron chi connectivity index (χ4n) is 2.18. The zero-order valence-corrected chi connectivity index (χ0v) is 14.3. The van der Waals surface area contributed by atoms with E-state index in [1.807, 2.05) is 54.8 Å². The molecule has 0 saturated heterocycles. The van der Waals surface area contributed by atoms with E-state index in [0.29, 0.717) is 0 Å². The highest BCUT2D eigenvalue weighted by Crippen LogP contribution is 2.28. The van der Waals surface area contributed by atoms with Crippen LogP contribution in [-0.2, 0) is 5.75 Å². The van der Waals surface area contributed by atoms with Gasteiger partial charge in [-0.2, -0.15) is 9.78 Å². The number of nitrogens with zero attached hydrogens (tertiary/aromatic N) is 2. The molecule has 0 amide bonds. The van der Waals surface area contributed by atoms with Crippen molar-refractivity contribution < 1.29 is 0 Å². The van der Waals surface area contributed by atoms with E-state index in [1.54, 1.807) is 29.7 Å². The molecule has 0 fully saturated rings. The van der Waals surface area contributed by atoms with Crippen LogP contribution in [0, 0.1) is 0 Å². The van der Waals surface area contributed by atoms with Gasteiger partial charge in [0, 0.05) is 10.6 Å². The summed E-state index contributed by atoms with van der Waals surface area (Å²) in [6, 6.07) is 19.7. The van der Waals surface area contributed by atoms with E-state index < -0.39 is 0 Å². The molecule has 3 aromatic rings. The van der Waals surface area contributed by atoms with E-state index in [4.69, 9.17) is 0 Å². The predicted molar refractivity (Wildman–Crippen MR) is 97.6 cm³/mol. The first-order chi connectivity index (χ1) is 11.3. The van der Waals surface area contributed by atoms with E-state index in [1.165, 1.54) is 10.2 Å². The number of aromatic nitrogens is 2. The molecule has 5 heteroatoms. The van der Waals surface area contributed by atoms with Crippen LogP contribution in [0.15, 0.2) is 81.4 Å². The number of para-hydroxylation sites is 1. The second-order valence-corrected chi connectivity index (χ2v) is 6.70. The maximum Gasteiger partial charge on any atom is 0.286 e. The van der Waals surface area contributed by atoms with Gasteiger partial charge in [0.25, 0.3) is 5.56 Å². The highest BCUT2D eigenvalue weighted by molar-refractivity contribution is 8.01. The molecule has 1 aromatic heterocycles. The molecule has 0 aliphatic rings. The van der Waals surface area contributed by atoms with Crippen LogP contribution >= 0.6 is 23.5 Å². The molecule has 0 bridgehead atoms. The molecule has 23 heavy (non-hydrogen) atoms. The van der Waals surface area contributed by atoms with Crippen molar-refractivity contribution in [2.24, 2.45) is 0 Å². The summed E-state index contributed by atoms with van der Waals surface area (Å²) in [7, 11) is 0. The summed E-state index contributed by atoms with van der Waals surface area (Å²) in [5.74, 6) is 0.766. The average Bonchev–Trinajstić information content (AvgIpc) is 2.62. The predicted octanol–water partition coefficient (Wildman–Crippen LogP) is 4.25. The maximum absolute atomic E-state index is 12.8. The van der Waals surface area contributed by atoms with E-state index in [-0.39, 0.29) is 5.56 Å². The molecule has 3 nitrogen and oxygen atoms in total. The Kier molecular flexibility index (Phi) is 5.20. The molecule has 0 radical (unpaired) electrons. The first kappa shape index (κ1) is 15.9. The van der Waals surface area contributed by atoms with Gasteiger partial charge in [-0.3, -0.25) is 4.79 Å². The van der Waals surface area contributed by atoms with E-state index in [2.05, 4.69) is 17.2 Å². The van der Waals surface area contributed by atoms with Crippen LogP contribution in [0.5, 0.6) is 0 Å². The smallest absolute Gasteiger partial charge is 0.266 e. The summed E-state index contributed by atoms with van der Waals surface area (Å²) in [5.41, 5.74) is 1.92. The van der Waals surface area contributed by atoms with E-state index in [0.717, 1.165) is 21.2 Å². The van der Waals surface area contributed by atoms with Crippen molar-refractivity contribution in [1.82, 2.24) is 9.78 Å². The number of hydrogen-bond donors (Lipinski definition) is 0. The third kappa shape index (κ3) is 3.68. The first-order valence-electron chi connectivity index (χ1n) is 7.18. The molecule has 0 N–H and O–H groups in total. The van der Waals surface area contributed by atoms with Gasteiger partial charge in [-0.15, -0.1) is 23.5 Å². The van der Waals surface area contributed by atoms with Crippen LogP contribution in [0.25, 0.3) is 5.69 Å². The molecule has 0 atom stereocenters. The van der Waals surface area contributed by atoms with Crippen molar-refractivity contribution in [3.8, 4) is 5.69 Å². The van der Waals surface area contributed by atoms with E-state index in [9.17, 15) is 4.79 Å². The fraction of sp³-hybridized carbons (Fsp3) is 0.111. The summed E-state index contributed by atoms with van der Waals surface area (Å²) in [4.78, 5) is 14.5. The van der Waals surface area contributed by atoms with Crippen LogP contribution in [0.1, 0.15) is 5.56 Å². The Labute approximate surface area is 143 Å². The maximum atomic E-state index is 12.8. The van der Waals surface area contributed by atoms with Gasteiger partial charge in [0.05, 0.1) is 16.8 Å². The highest BCUT2D eigenvalue weighted by Gasteiger charge is 2.12. The molecule has 0 unspecified atom stereocenters. The monoisotopic (exact) mass is 340 g/mol. The summed E-state index contributed by atoms with van der Waals surface area (Å²) in [6.07, 6.45) is 3.74. The standard InChI is InChI=1S/C18H16N2OS2/c1-22-16-12-19-20(15-10-6-3-7-11-15)18(21)17(16)23-13-14-8-4-2-5-9-14/h2-12H,13H2,1H3. The summed E-state index contributed by atoms with van der Waals surface area (Å²) < 4.78 is 1.47. The average molecular weight is 340 g/mol. The number of rotatable bonds is 5. The third-order valence-corrected chi connectivity index (χ3v) is 5.39. The second-order valence-electron chi connectivity index (χ2n) is 4.87. The lowest BCUT2D eigenvalue weighted by atomic mass is 10.2. The van der Waals surface area contributed by atoms with Crippen molar-refractivity contribution in [1.29, 1.82) is 0 Å². The Morgan fingerprint density at radius 3 is 2.30 bits per heavy atom. The minimum atomic E-state index is -0.0658. The highest BCUT2D eigenvalue weighted by atomic mass is 32.2. The zero-order valence-electron chi connectivity index (χ0n) is 12.7. The van der Waals surface area contributed by atoms with Gasteiger partial charge in [-0.05, 0) is 24.0 Å². The van der Waals surface area contributed by atoms with Gasteiger partial charge >= 0.3 is 0 Å². The van der Waals surface area contributed by atoms with Crippen molar-refractivity contribution in [2.45, 2.75) is 15.5 Å². The molecule has 0 aliphatic carbocycles. The fourth-order valence-corrected chi connectivity index (χ4v) is 3.94. The topological polar surface area (TPSA) is 34.9 Å². The lowest BCUT2D eigenvalue weighted by Crippen LogP contribution is -2.23. The molecular formula is C18H16N2OS2. The molecule has 116 valence electrons. The Morgan fingerprint density at radius 2 is 1.65 bits per heavy atom. The summed E-state index contributed by atoms with van der Waals surface area (Å²) in [6.45, 7) is 0. The first-order valence-corrected chi connectivity index (χ1v) is 9.39. The Balaban J connectivity index is 1.96. The van der Waals surface area contributed by atoms with Crippen molar-refractivity contribution >= 4 is 23.5 Å². The summed E-state index contributed by atoms with van der Waals surface area (Å²) >= 11 is 3.12. The van der Waals surface area contributed by atoms with Gasteiger partial charge in [-0.25, -0.2) is 0 Å². The summed E-state index contributed by atoms with van der Waals surface area (Å²) in [5, 5.41) is 4.30. The lowest BCUT2D eigenvalue weighted by Gasteiger charge is -2.10. The zero-order chi connectivity index (χ0) is 16.1. The van der Waals surface area contributed by atoms with Crippen molar-refractivity contribution in [2.75, 3.05) is 6.26 Å². The number of thioether (sulfide) groups is 2. The van der Waals surface area contributed by atoms with Gasteiger partial charge in [0.1, 0.15) is 0 Å². The Bertz CT molecular complexity index is 833. The van der Waals surface area contributed by atoms with Crippen LogP contribution in [-0.4, -0.2) is 16.0 Å². The van der Waals surface area contributed by atoms with Crippen LogP contribution in [0.2, 0.25) is 0 Å². The molecule has 0 spiro atoms. The van der Waals surface area contributed by atoms with Crippen molar-refractivity contribution in [3.63, 3.8) is 0 Å². The van der Waals surface area contributed by atoms with Crippen LogP contribution in [0.3, 0.4) is 0 Å². The minimum Gasteiger partial charge on any atom is -0.266 e. The van der Waals surface area contributed by atoms with Crippen LogP contribution < -0.4 is 5.56 Å². The molecule has 2 aromatic carbocycles. The van der Waals surface area contributed by atoms with Crippen LogP contribution in [0.4, 0.5) is 0 Å².